The van der Waals surface area contributed by atoms with E-state index in [4.69, 9.17) is 16.6 Å². The molecule has 0 saturated heterocycles. The zero-order valence-electron chi connectivity index (χ0n) is 9.47. The second kappa shape index (κ2) is 4.95. The van der Waals surface area contributed by atoms with Gasteiger partial charge in [-0.2, -0.15) is 0 Å². The number of nitrogens with two attached hydrogens (primary N) is 2. The lowest BCUT2D eigenvalue weighted by Crippen LogP contribution is -2.48. The summed E-state index contributed by atoms with van der Waals surface area (Å²) in [6.45, 7) is 0.0938. The number of hydrogen-bond donors (Lipinski definition) is 3. The average molecular weight is 220 g/mol. The van der Waals surface area contributed by atoms with Gasteiger partial charge in [-0.25, -0.2) is 0 Å². The molecule has 1 saturated carbocycles. The highest BCUT2D eigenvalue weighted by Crippen LogP contribution is 2.31. The third kappa shape index (κ3) is 2.26. The number of aliphatic hydroxyl groups excluding tert-OH is 1. The fourth-order valence-corrected chi connectivity index (χ4v) is 2.52. The van der Waals surface area contributed by atoms with Crippen LogP contribution >= 0.6 is 0 Å². The van der Waals surface area contributed by atoms with E-state index in [-0.39, 0.29) is 18.7 Å². The van der Waals surface area contributed by atoms with Crippen LogP contribution in [0.2, 0.25) is 0 Å². The molecule has 0 heterocycles. The normalized spacial score (nSPS) is 30.3. The summed E-state index contributed by atoms with van der Waals surface area (Å²) in [5.41, 5.74) is 14.3. The lowest BCUT2D eigenvalue weighted by molar-refractivity contribution is 0.281. The molecule has 88 valence electrons. The molecular weight excluding hydrogens is 200 g/mol. The number of aliphatic hydroxyl groups is 1. The summed E-state index contributed by atoms with van der Waals surface area (Å²) in [6.07, 6.45) is 3.31. The average Bonchev–Trinajstić information content (AvgIpc) is 2.33. The van der Waals surface area contributed by atoms with Gasteiger partial charge in [-0.1, -0.05) is 30.7 Å². The fraction of sp³-hybridized carbons (Fsp3) is 0.538. The van der Waals surface area contributed by atoms with E-state index in [0.717, 1.165) is 24.8 Å². The molecule has 1 aromatic carbocycles. The van der Waals surface area contributed by atoms with Gasteiger partial charge >= 0.3 is 0 Å². The summed E-state index contributed by atoms with van der Waals surface area (Å²) in [5.74, 6) is 0.372. The highest BCUT2D eigenvalue weighted by Gasteiger charge is 2.28. The summed E-state index contributed by atoms with van der Waals surface area (Å²) < 4.78 is 0. The van der Waals surface area contributed by atoms with Crippen molar-refractivity contribution in [3.63, 3.8) is 0 Å². The molecule has 0 radical (unpaired) electrons. The van der Waals surface area contributed by atoms with E-state index in [2.05, 4.69) is 12.1 Å². The number of hydrogen-bond acceptors (Lipinski definition) is 3. The minimum absolute atomic E-state index is 0.0636. The molecular formula is C13H20N2O. The van der Waals surface area contributed by atoms with Crippen LogP contribution in [-0.2, 0) is 6.61 Å². The molecule has 3 heteroatoms. The van der Waals surface area contributed by atoms with Gasteiger partial charge in [0.1, 0.15) is 0 Å². The molecule has 1 aliphatic carbocycles. The van der Waals surface area contributed by atoms with Crippen LogP contribution in [0.15, 0.2) is 24.3 Å². The molecule has 0 aliphatic heterocycles. The van der Waals surface area contributed by atoms with E-state index in [0.29, 0.717) is 5.92 Å². The second-order valence-corrected chi connectivity index (χ2v) is 4.68. The summed E-state index contributed by atoms with van der Waals surface area (Å²) >= 11 is 0. The number of rotatable bonds is 2. The maximum absolute atomic E-state index is 8.99. The molecule has 0 spiro atoms. The standard InChI is InChI=1S/C13H20N2O/c14-12-3-1-2-11(13(12)15)10-6-4-9(8-16)5-7-10/h4-7,11-13,16H,1-3,8,14-15H2. The Morgan fingerprint density at radius 1 is 1.12 bits per heavy atom. The molecule has 0 aromatic heterocycles. The van der Waals surface area contributed by atoms with Gasteiger partial charge in [0.15, 0.2) is 0 Å². The van der Waals surface area contributed by atoms with Gasteiger partial charge in [-0.3, -0.25) is 0 Å². The first-order valence-electron chi connectivity index (χ1n) is 5.93. The van der Waals surface area contributed by atoms with Gasteiger partial charge in [-0.05, 0) is 24.0 Å². The molecule has 3 nitrogen and oxygen atoms in total. The van der Waals surface area contributed by atoms with Crippen LogP contribution in [0.25, 0.3) is 0 Å². The van der Waals surface area contributed by atoms with Gasteiger partial charge in [0.05, 0.1) is 6.61 Å². The van der Waals surface area contributed by atoms with Gasteiger partial charge < -0.3 is 16.6 Å². The van der Waals surface area contributed by atoms with Crippen molar-refractivity contribution in [2.45, 2.75) is 43.9 Å². The van der Waals surface area contributed by atoms with E-state index in [1.54, 1.807) is 0 Å². The second-order valence-electron chi connectivity index (χ2n) is 4.68. The van der Waals surface area contributed by atoms with Gasteiger partial charge in [0, 0.05) is 18.0 Å². The minimum atomic E-state index is 0.0636. The van der Waals surface area contributed by atoms with Crippen molar-refractivity contribution in [3.05, 3.63) is 35.4 Å². The third-order valence-corrected chi connectivity index (χ3v) is 3.60. The Kier molecular flexibility index (Phi) is 3.59. The zero-order valence-corrected chi connectivity index (χ0v) is 9.47. The molecule has 2 rings (SSSR count). The van der Waals surface area contributed by atoms with E-state index in [9.17, 15) is 0 Å². The molecule has 3 atom stereocenters. The third-order valence-electron chi connectivity index (χ3n) is 3.60. The first-order valence-corrected chi connectivity index (χ1v) is 5.93. The molecule has 0 amide bonds. The highest BCUT2D eigenvalue weighted by molar-refractivity contribution is 5.27. The topological polar surface area (TPSA) is 72.3 Å². The lowest BCUT2D eigenvalue weighted by Gasteiger charge is -2.34. The quantitative estimate of drug-likeness (QED) is 0.699. The van der Waals surface area contributed by atoms with Gasteiger partial charge in [-0.15, -0.1) is 0 Å². The molecule has 0 bridgehead atoms. The Hall–Kier alpha value is -0.900. The van der Waals surface area contributed by atoms with E-state index in [1.165, 1.54) is 5.56 Å². The van der Waals surface area contributed by atoms with Gasteiger partial charge in [0.2, 0.25) is 0 Å². The van der Waals surface area contributed by atoms with E-state index in [1.807, 2.05) is 12.1 Å². The fourth-order valence-electron chi connectivity index (χ4n) is 2.52. The first-order chi connectivity index (χ1) is 7.72. The first kappa shape index (κ1) is 11.6. The number of benzene rings is 1. The van der Waals surface area contributed by atoms with Crippen molar-refractivity contribution in [1.82, 2.24) is 0 Å². The van der Waals surface area contributed by atoms with Crippen LogP contribution in [0.4, 0.5) is 0 Å². The van der Waals surface area contributed by atoms with Crippen molar-refractivity contribution in [2.24, 2.45) is 11.5 Å². The Morgan fingerprint density at radius 3 is 2.44 bits per heavy atom. The van der Waals surface area contributed by atoms with Crippen molar-refractivity contribution in [3.8, 4) is 0 Å². The van der Waals surface area contributed by atoms with Crippen LogP contribution in [0.3, 0.4) is 0 Å². The van der Waals surface area contributed by atoms with Crippen molar-refractivity contribution < 1.29 is 5.11 Å². The van der Waals surface area contributed by atoms with Gasteiger partial charge in [0.25, 0.3) is 0 Å². The van der Waals surface area contributed by atoms with Crippen molar-refractivity contribution in [2.75, 3.05) is 0 Å². The summed E-state index contributed by atoms with van der Waals surface area (Å²) in [6, 6.07) is 8.23. The predicted octanol–water partition coefficient (Wildman–Crippen LogP) is 1.10. The maximum Gasteiger partial charge on any atom is 0.0681 e. The van der Waals surface area contributed by atoms with Crippen molar-refractivity contribution in [1.29, 1.82) is 0 Å². The Morgan fingerprint density at radius 2 is 1.81 bits per heavy atom. The Balaban J connectivity index is 2.15. The van der Waals surface area contributed by atoms with Crippen LogP contribution in [-0.4, -0.2) is 17.2 Å². The maximum atomic E-state index is 8.99. The van der Waals surface area contributed by atoms with Crippen molar-refractivity contribution >= 4 is 0 Å². The largest absolute Gasteiger partial charge is 0.392 e. The Labute approximate surface area is 96.5 Å². The molecule has 1 fully saturated rings. The summed E-state index contributed by atoms with van der Waals surface area (Å²) in [5, 5.41) is 8.99. The smallest absolute Gasteiger partial charge is 0.0681 e. The zero-order chi connectivity index (χ0) is 11.5. The molecule has 3 unspecified atom stereocenters. The van der Waals surface area contributed by atoms with E-state index >= 15 is 0 Å². The molecule has 5 N–H and O–H groups in total. The highest BCUT2D eigenvalue weighted by atomic mass is 16.3. The molecule has 1 aliphatic rings. The summed E-state index contributed by atoms with van der Waals surface area (Å²) in [7, 11) is 0. The molecule has 16 heavy (non-hydrogen) atoms. The van der Waals surface area contributed by atoms with Crippen LogP contribution in [0.5, 0.6) is 0 Å². The Bertz CT molecular complexity index is 336. The minimum Gasteiger partial charge on any atom is -0.392 e. The van der Waals surface area contributed by atoms with Crippen LogP contribution < -0.4 is 11.5 Å². The predicted molar refractivity (Wildman–Crippen MR) is 64.9 cm³/mol. The van der Waals surface area contributed by atoms with Crippen LogP contribution in [0, 0.1) is 0 Å². The lowest BCUT2D eigenvalue weighted by atomic mass is 9.78. The molecule has 1 aromatic rings. The van der Waals surface area contributed by atoms with E-state index < -0.39 is 0 Å². The van der Waals surface area contributed by atoms with Crippen LogP contribution in [0.1, 0.15) is 36.3 Å². The summed E-state index contributed by atoms with van der Waals surface area (Å²) in [4.78, 5) is 0. The monoisotopic (exact) mass is 220 g/mol. The SMILES string of the molecule is NC1CCCC(c2ccc(CO)cc2)C1N.